The Morgan fingerprint density at radius 1 is 0.231 bits per heavy atom. The number of unbranched alkanes of at least 4 members (excludes halogenated alkanes) is 52. The molecule has 0 heterocycles. The Labute approximate surface area is 664 Å². The molecular weight excluding hydrogens is 1400 g/mol. The molecule has 3 unspecified atom stereocenters. The van der Waals surface area contributed by atoms with E-state index in [1.165, 1.54) is 263 Å². The first-order valence-electron chi connectivity index (χ1n) is 45.7. The molecule has 108 heavy (non-hydrogen) atoms. The zero-order chi connectivity index (χ0) is 79.5. The number of aliphatic hydroxyl groups excluding tert-OH is 1. The Kier molecular flexibility index (Phi) is 76.2. The Balaban J connectivity index is 5.19. The lowest BCUT2D eigenvalue weighted by atomic mass is 10.0. The molecule has 0 saturated carbocycles. The van der Waals surface area contributed by atoms with Crippen molar-refractivity contribution in [2.45, 2.75) is 485 Å². The van der Waals surface area contributed by atoms with Crippen molar-refractivity contribution in [1.82, 2.24) is 0 Å². The molecule has 0 radical (unpaired) electrons. The standard InChI is InChI=1S/C89H174O17P2/c1-79(2)65-57-49-41-34-28-22-17-13-9-11-15-19-25-31-37-45-53-61-69-86(91)99-75-84(105-88(93)72-64-56-47-39-33-27-21-24-30-36-43-51-59-67-81(5)6)77-103-107(95,96)101-73-83(90)74-102-108(97,98)104-78-85(76-100-87(92)70-62-54-48-40-44-52-60-68-82(7)8)106-89(94)71-63-55-46-38-32-26-20-16-12-10-14-18-23-29-35-42-50-58-66-80(3)4/h79-85,90H,9-78H2,1-8H3,(H,95,96)(H,97,98)/t83?,84-,85-/m1/s1. The largest absolute Gasteiger partial charge is 0.472 e. The van der Waals surface area contributed by atoms with Crippen LogP contribution in [-0.2, 0) is 65.4 Å². The van der Waals surface area contributed by atoms with Gasteiger partial charge in [0.1, 0.15) is 19.3 Å². The molecule has 0 aliphatic rings. The second-order valence-corrected chi connectivity index (χ2v) is 36.8. The summed E-state index contributed by atoms with van der Waals surface area (Å²) in [6, 6.07) is 0. The first kappa shape index (κ1) is 106. The summed E-state index contributed by atoms with van der Waals surface area (Å²) in [7, 11) is -9.93. The molecule has 0 spiro atoms. The number of aliphatic hydroxyl groups is 1. The van der Waals surface area contributed by atoms with E-state index in [2.05, 4.69) is 55.4 Å². The van der Waals surface area contributed by atoms with Crippen molar-refractivity contribution >= 4 is 39.5 Å². The van der Waals surface area contributed by atoms with Crippen molar-refractivity contribution in [3.63, 3.8) is 0 Å². The number of ether oxygens (including phenoxy) is 4. The lowest BCUT2D eigenvalue weighted by molar-refractivity contribution is -0.161. The van der Waals surface area contributed by atoms with Crippen molar-refractivity contribution in [3.8, 4) is 0 Å². The fraction of sp³-hybridized carbons (Fsp3) is 0.955. The van der Waals surface area contributed by atoms with Crippen LogP contribution in [0.3, 0.4) is 0 Å². The number of carbonyl (C=O) groups excluding carboxylic acids is 4. The monoisotopic (exact) mass is 1580 g/mol. The molecule has 642 valence electrons. The number of rotatable bonds is 86. The third-order valence-electron chi connectivity index (χ3n) is 20.8. The van der Waals surface area contributed by atoms with Gasteiger partial charge in [0.2, 0.25) is 0 Å². The second kappa shape index (κ2) is 77.6. The fourth-order valence-electron chi connectivity index (χ4n) is 13.8. The molecule has 0 aromatic rings. The lowest BCUT2D eigenvalue weighted by Crippen LogP contribution is -2.30. The molecule has 0 bridgehead atoms. The van der Waals surface area contributed by atoms with Crippen molar-refractivity contribution in [2.24, 2.45) is 23.7 Å². The quantitative estimate of drug-likeness (QED) is 0.0222. The Morgan fingerprint density at radius 2 is 0.389 bits per heavy atom. The molecule has 0 aliphatic carbocycles. The smallest absolute Gasteiger partial charge is 0.462 e. The van der Waals surface area contributed by atoms with E-state index >= 15 is 0 Å². The minimum absolute atomic E-state index is 0.107. The average Bonchev–Trinajstić information content (AvgIpc) is 0.900. The minimum atomic E-state index is -4.97. The van der Waals surface area contributed by atoms with Gasteiger partial charge in [-0.1, -0.05) is 415 Å². The SMILES string of the molecule is CC(C)CCCCCCCCCCCCCCCCCCCCC(=O)OC[C@H](COP(=O)(O)OCC(O)COP(=O)(O)OC[C@@H](COC(=O)CCCCCCCCCC(C)C)OC(=O)CCCCCCCCCCCCCCCCCCCCC(C)C)OC(=O)CCCCCCCCCCCCCCCC(C)C. The molecule has 17 nitrogen and oxygen atoms in total. The van der Waals surface area contributed by atoms with Crippen LogP contribution < -0.4 is 0 Å². The molecule has 3 N–H and O–H groups in total. The van der Waals surface area contributed by atoms with Crippen LogP contribution in [0.15, 0.2) is 0 Å². The van der Waals surface area contributed by atoms with E-state index < -0.39 is 97.5 Å². The lowest BCUT2D eigenvalue weighted by Gasteiger charge is -2.21. The molecule has 0 aliphatic heterocycles. The Morgan fingerprint density at radius 3 is 0.574 bits per heavy atom. The van der Waals surface area contributed by atoms with E-state index in [0.717, 1.165) is 114 Å². The van der Waals surface area contributed by atoms with E-state index in [4.69, 9.17) is 37.0 Å². The third-order valence-corrected chi connectivity index (χ3v) is 22.7. The maximum Gasteiger partial charge on any atom is 0.472 e. The van der Waals surface area contributed by atoms with E-state index in [-0.39, 0.29) is 25.7 Å². The van der Waals surface area contributed by atoms with Crippen LogP contribution in [0, 0.1) is 23.7 Å². The van der Waals surface area contributed by atoms with E-state index in [1.807, 2.05) is 0 Å². The number of carbonyl (C=O) groups is 4. The zero-order valence-corrected chi connectivity index (χ0v) is 73.3. The van der Waals surface area contributed by atoms with Crippen LogP contribution in [0.4, 0.5) is 0 Å². The highest BCUT2D eigenvalue weighted by molar-refractivity contribution is 7.47. The van der Waals surface area contributed by atoms with Crippen molar-refractivity contribution < 1.29 is 80.2 Å². The molecule has 19 heteroatoms. The van der Waals surface area contributed by atoms with Crippen molar-refractivity contribution in [2.75, 3.05) is 39.6 Å². The second-order valence-electron chi connectivity index (χ2n) is 33.9. The molecule has 0 rings (SSSR count). The Bertz CT molecular complexity index is 2090. The average molecular weight is 1580 g/mol. The van der Waals surface area contributed by atoms with E-state index in [9.17, 15) is 43.2 Å². The van der Waals surface area contributed by atoms with Gasteiger partial charge >= 0.3 is 39.5 Å². The van der Waals surface area contributed by atoms with Gasteiger partial charge < -0.3 is 33.8 Å². The number of hydrogen-bond donors (Lipinski definition) is 3. The number of phosphoric ester groups is 2. The highest BCUT2D eigenvalue weighted by atomic mass is 31.2. The predicted molar refractivity (Wildman–Crippen MR) is 446 cm³/mol. The maximum absolute atomic E-state index is 13.2. The fourth-order valence-corrected chi connectivity index (χ4v) is 15.4. The van der Waals surface area contributed by atoms with Crippen LogP contribution in [0.5, 0.6) is 0 Å². The normalized spacial score (nSPS) is 13.9. The topological polar surface area (TPSA) is 237 Å². The van der Waals surface area contributed by atoms with Gasteiger partial charge in [0, 0.05) is 25.7 Å². The summed E-state index contributed by atoms with van der Waals surface area (Å²) in [5.41, 5.74) is 0. The van der Waals surface area contributed by atoms with Crippen LogP contribution >= 0.6 is 15.6 Å². The van der Waals surface area contributed by atoms with Crippen LogP contribution in [0.2, 0.25) is 0 Å². The van der Waals surface area contributed by atoms with Crippen LogP contribution in [-0.4, -0.2) is 96.7 Å². The van der Waals surface area contributed by atoms with Gasteiger partial charge in [0.05, 0.1) is 26.4 Å². The van der Waals surface area contributed by atoms with E-state index in [1.54, 1.807) is 0 Å². The number of hydrogen-bond acceptors (Lipinski definition) is 15. The number of esters is 4. The zero-order valence-electron chi connectivity index (χ0n) is 71.5. The van der Waals surface area contributed by atoms with E-state index in [0.29, 0.717) is 31.6 Å². The van der Waals surface area contributed by atoms with Gasteiger partial charge in [0.15, 0.2) is 12.2 Å². The molecule has 0 aromatic carbocycles. The first-order valence-corrected chi connectivity index (χ1v) is 48.7. The van der Waals surface area contributed by atoms with Gasteiger partial charge in [-0.2, -0.15) is 0 Å². The van der Waals surface area contributed by atoms with Gasteiger partial charge in [-0.05, 0) is 49.4 Å². The maximum atomic E-state index is 13.2. The van der Waals surface area contributed by atoms with Crippen LogP contribution in [0.1, 0.15) is 466 Å². The van der Waals surface area contributed by atoms with Gasteiger partial charge in [0.25, 0.3) is 0 Å². The molecule has 0 fully saturated rings. The van der Waals surface area contributed by atoms with Gasteiger partial charge in [-0.25, -0.2) is 9.13 Å². The van der Waals surface area contributed by atoms with Crippen molar-refractivity contribution in [1.29, 1.82) is 0 Å². The minimum Gasteiger partial charge on any atom is -0.462 e. The van der Waals surface area contributed by atoms with Crippen LogP contribution in [0.25, 0.3) is 0 Å². The third kappa shape index (κ3) is 82.1. The summed E-state index contributed by atoms with van der Waals surface area (Å²) in [6.07, 6.45) is 68.2. The van der Waals surface area contributed by atoms with Crippen molar-refractivity contribution in [3.05, 3.63) is 0 Å². The summed E-state index contributed by atoms with van der Waals surface area (Å²) in [4.78, 5) is 73.3. The van der Waals surface area contributed by atoms with Gasteiger partial charge in [-0.3, -0.25) is 37.3 Å². The predicted octanol–water partition coefficient (Wildman–Crippen LogP) is 27.1. The number of phosphoric acid groups is 2. The Hall–Kier alpha value is -1.94. The summed E-state index contributed by atoms with van der Waals surface area (Å²) in [5.74, 6) is 1.03. The first-order chi connectivity index (χ1) is 52.1. The highest BCUT2D eigenvalue weighted by Gasteiger charge is 2.31. The highest BCUT2D eigenvalue weighted by Crippen LogP contribution is 2.45. The molecule has 0 amide bonds. The summed E-state index contributed by atoms with van der Waals surface area (Å²) < 4.78 is 69.0. The van der Waals surface area contributed by atoms with Gasteiger partial charge in [-0.15, -0.1) is 0 Å². The molecule has 5 atom stereocenters. The summed E-state index contributed by atoms with van der Waals surface area (Å²) in [5, 5.41) is 10.7. The summed E-state index contributed by atoms with van der Waals surface area (Å²) in [6.45, 7) is 14.3. The molecule has 0 saturated heterocycles. The molecular formula is C89H174O17P2. The molecule has 0 aromatic heterocycles. The summed E-state index contributed by atoms with van der Waals surface area (Å²) >= 11 is 0.